The van der Waals surface area contributed by atoms with Crippen LogP contribution in [0.5, 0.6) is 5.75 Å². The first kappa shape index (κ1) is 17.0. The first-order valence-corrected chi connectivity index (χ1v) is 7.92. The lowest BCUT2D eigenvalue weighted by molar-refractivity contribution is 0.294. The summed E-state index contributed by atoms with van der Waals surface area (Å²) in [5.74, 6) is 2.47. The van der Waals surface area contributed by atoms with Gasteiger partial charge in [-0.25, -0.2) is 0 Å². The van der Waals surface area contributed by atoms with Gasteiger partial charge in [0.05, 0.1) is 6.61 Å². The van der Waals surface area contributed by atoms with E-state index in [4.69, 9.17) is 4.74 Å². The van der Waals surface area contributed by atoms with Crippen molar-refractivity contribution in [3.63, 3.8) is 0 Å². The molecule has 0 spiro atoms. The zero-order valence-corrected chi connectivity index (χ0v) is 13.8. The van der Waals surface area contributed by atoms with Crippen LogP contribution in [-0.4, -0.2) is 13.2 Å². The van der Waals surface area contributed by atoms with Crippen LogP contribution in [0.2, 0.25) is 0 Å². The minimum Gasteiger partial charge on any atom is -0.493 e. The Morgan fingerprint density at radius 2 is 1.85 bits per heavy atom. The third kappa shape index (κ3) is 6.95. The second kappa shape index (κ2) is 9.02. The first-order valence-electron chi connectivity index (χ1n) is 7.92. The molecule has 0 aliphatic heterocycles. The molecule has 0 saturated heterocycles. The fourth-order valence-corrected chi connectivity index (χ4v) is 2.16. The van der Waals surface area contributed by atoms with Crippen molar-refractivity contribution < 1.29 is 4.74 Å². The van der Waals surface area contributed by atoms with Gasteiger partial charge in [-0.3, -0.25) is 0 Å². The van der Waals surface area contributed by atoms with E-state index in [1.807, 2.05) is 0 Å². The van der Waals surface area contributed by atoms with Crippen LogP contribution in [0.1, 0.15) is 51.7 Å². The highest BCUT2D eigenvalue weighted by molar-refractivity contribution is 5.36. The standard InChI is InChI=1S/C18H31NO/c1-14(2)7-6-10-20-18-9-8-16(5)11-17(18)13-19-12-15(3)4/h8-9,11,14-15,19H,6-7,10,12-13H2,1-5H3. The van der Waals surface area contributed by atoms with Crippen molar-refractivity contribution >= 4 is 0 Å². The van der Waals surface area contributed by atoms with E-state index in [0.29, 0.717) is 5.92 Å². The summed E-state index contributed by atoms with van der Waals surface area (Å²) >= 11 is 0. The lowest BCUT2D eigenvalue weighted by Gasteiger charge is -2.14. The van der Waals surface area contributed by atoms with Crippen LogP contribution in [-0.2, 0) is 6.54 Å². The lowest BCUT2D eigenvalue weighted by Crippen LogP contribution is -2.19. The Hall–Kier alpha value is -1.02. The highest BCUT2D eigenvalue weighted by Gasteiger charge is 2.05. The molecule has 0 radical (unpaired) electrons. The third-order valence-corrected chi connectivity index (χ3v) is 3.27. The molecule has 0 heterocycles. The summed E-state index contributed by atoms with van der Waals surface area (Å²) in [5.41, 5.74) is 2.57. The van der Waals surface area contributed by atoms with Crippen LogP contribution < -0.4 is 10.1 Å². The van der Waals surface area contributed by atoms with Crippen LogP contribution >= 0.6 is 0 Å². The Kier molecular flexibility index (Phi) is 7.68. The van der Waals surface area contributed by atoms with Crippen LogP contribution in [0.3, 0.4) is 0 Å². The molecule has 0 amide bonds. The van der Waals surface area contributed by atoms with E-state index in [0.717, 1.165) is 37.8 Å². The van der Waals surface area contributed by atoms with Gasteiger partial charge < -0.3 is 10.1 Å². The molecule has 0 aromatic heterocycles. The van der Waals surface area contributed by atoms with Crippen LogP contribution in [0, 0.1) is 18.8 Å². The Morgan fingerprint density at radius 3 is 2.50 bits per heavy atom. The molecule has 114 valence electrons. The first-order chi connectivity index (χ1) is 9.49. The number of hydrogen-bond acceptors (Lipinski definition) is 2. The van der Waals surface area contributed by atoms with Crippen LogP contribution in [0.15, 0.2) is 18.2 Å². The fourth-order valence-electron chi connectivity index (χ4n) is 2.16. The fraction of sp³-hybridized carbons (Fsp3) is 0.667. The monoisotopic (exact) mass is 277 g/mol. The predicted molar refractivity (Wildman–Crippen MR) is 87.3 cm³/mol. The number of benzene rings is 1. The number of rotatable bonds is 9. The number of aryl methyl sites for hydroxylation is 1. The second-order valence-electron chi connectivity index (χ2n) is 6.52. The molecule has 0 atom stereocenters. The summed E-state index contributed by atoms with van der Waals surface area (Å²) in [6.45, 7) is 13.9. The van der Waals surface area contributed by atoms with Crippen molar-refractivity contribution in [3.8, 4) is 5.75 Å². The van der Waals surface area contributed by atoms with Gasteiger partial charge in [-0.05, 0) is 44.2 Å². The maximum absolute atomic E-state index is 5.96. The highest BCUT2D eigenvalue weighted by Crippen LogP contribution is 2.20. The van der Waals surface area contributed by atoms with Gasteiger partial charge in [-0.1, -0.05) is 45.4 Å². The van der Waals surface area contributed by atoms with Crippen molar-refractivity contribution in [1.29, 1.82) is 0 Å². The molecule has 1 aromatic carbocycles. The van der Waals surface area contributed by atoms with E-state index in [9.17, 15) is 0 Å². The van der Waals surface area contributed by atoms with Gasteiger partial charge in [0, 0.05) is 12.1 Å². The van der Waals surface area contributed by atoms with Gasteiger partial charge >= 0.3 is 0 Å². The van der Waals surface area contributed by atoms with Gasteiger partial charge in [-0.15, -0.1) is 0 Å². The normalized spacial score (nSPS) is 11.3. The van der Waals surface area contributed by atoms with E-state index < -0.39 is 0 Å². The molecule has 0 aliphatic rings. The second-order valence-corrected chi connectivity index (χ2v) is 6.52. The molecule has 0 unspecified atom stereocenters. The molecular weight excluding hydrogens is 246 g/mol. The topological polar surface area (TPSA) is 21.3 Å². The summed E-state index contributed by atoms with van der Waals surface area (Å²) in [6.07, 6.45) is 2.36. The Bertz CT molecular complexity index is 385. The minimum absolute atomic E-state index is 0.676. The summed E-state index contributed by atoms with van der Waals surface area (Å²) < 4.78 is 5.96. The molecule has 2 heteroatoms. The zero-order chi connectivity index (χ0) is 15.0. The molecule has 1 rings (SSSR count). The summed E-state index contributed by atoms with van der Waals surface area (Å²) in [5, 5.41) is 3.50. The van der Waals surface area contributed by atoms with Gasteiger partial charge in [0.2, 0.25) is 0 Å². The molecule has 0 bridgehead atoms. The average molecular weight is 277 g/mol. The van der Waals surface area contributed by atoms with Crippen molar-refractivity contribution in [2.75, 3.05) is 13.2 Å². The van der Waals surface area contributed by atoms with Crippen LogP contribution in [0.4, 0.5) is 0 Å². The zero-order valence-electron chi connectivity index (χ0n) is 13.8. The van der Waals surface area contributed by atoms with Crippen molar-refractivity contribution in [2.24, 2.45) is 11.8 Å². The molecule has 2 nitrogen and oxygen atoms in total. The number of hydrogen-bond donors (Lipinski definition) is 1. The Balaban J connectivity index is 2.51. The van der Waals surface area contributed by atoms with Crippen LogP contribution in [0.25, 0.3) is 0 Å². The number of nitrogens with one attached hydrogen (secondary N) is 1. The smallest absolute Gasteiger partial charge is 0.123 e. The largest absolute Gasteiger partial charge is 0.493 e. The van der Waals surface area contributed by atoms with Gasteiger partial charge in [0.15, 0.2) is 0 Å². The van der Waals surface area contributed by atoms with E-state index in [-0.39, 0.29) is 0 Å². The minimum atomic E-state index is 0.676. The summed E-state index contributed by atoms with van der Waals surface area (Å²) in [4.78, 5) is 0. The average Bonchev–Trinajstić information content (AvgIpc) is 2.36. The molecule has 0 aliphatic carbocycles. The molecule has 0 fully saturated rings. The quantitative estimate of drug-likeness (QED) is 0.668. The van der Waals surface area contributed by atoms with Crippen molar-refractivity contribution in [3.05, 3.63) is 29.3 Å². The lowest BCUT2D eigenvalue weighted by atomic mass is 10.1. The van der Waals surface area contributed by atoms with E-state index in [1.54, 1.807) is 0 Å². The van der Waals surface area contributed by atoms with Gasteiger partial charge in [0.1, 0.15) is 5.75 Å². The summed E-state index contributed by atoms with van der Waals surface area (Å²) in [6, 6.07) is 6.46. The maximum atomic E-state index is 5.96. The maximum Gasteiger partial charge on any atom is 0.123 e. The predicted octanol–water partition coefficient (Wildman–Crippen LogP) is 4.56. The molecule has 1 N–H and O–H groups in total. The number of ether oxygens (including phenoxy) is 1. The highest BCUT2D eigenvalue weighted by atomic mass is 16.5. The van der Waals surface area contributed by atoms with Gasteiger partial charge in [0.25, 0.3) is 0 Å². The van der Waals surface area contributed by atoms with E-state index in [2.05, 4.69) is 58.1 Å². The van der Waals surface area contributed by atoms with Crippen molar-refractivity contribution in [2.45, 2.75) is 54.0 Å². The van der Waals surface area contributed by atoms with E-state index >= 15 is 0 Å². The molecular formula is C18H31NO. The van der Waals surface area contributed by atoms with E-state index in [1.165, 1.54) is 17.5 Å². The Morgan fingerprint density at radius 1 is 1.10 bits per heavy atom. The molecule has 20 heavy (non-hydrogen) atoms. The molecule has 0 saturated carbocycles. The summed E-state index contributed by atoms with van der Waals surface area (Å²) in [7, 11) is 0. The van der Waals surface area contributed by atoms with Crippen molar-refractivity contribution in [1.82, 2.24) is 5.32 Å². The third-order valence-electron chi connectivity index (χ3n) is 3.27. The molecule has 1 aromatic rings. The Labute approximate surface area is 124 Å². The SMILES string of the molecule is Cc1ccc(OCCCC(C)C)c(CNCC(C)C)c1. The van der Waals surface area contributed by atoms with Gasteiger partial charge in [-0.2, -0.15) is 0 Å².